The molecule has 2 aromatic carbocycles. The molecule has 0 heterocycles. The Labute approximate surface area is 152 Å². The second-order valence-corrected chi connectivity index (χ2v) is 5.66. The van der Waals surface area contributed by atoms with Gasteiger partial charge in [0.25, 0.3) is 6.10 Å². The van der Waals surface area contributed by atoms with Crippen molar-refractivity contribution < 1.29 is 19.1 Å². The summed E-state index contributed by atoms with van der Waals surface area (Å²) in [7, 11) is 0. The first-order chi connectivity index (χ1) is 12.1. The van der Waals surface area contributed by atoms with Crippen LogP contribution in [0, 0.1) is 0 Å². The molecule has 2 rings (SSSR count). The summed E-state index contributed by atoms with van der Waals surface area (Å²) in [5.74, 6) is -0.791. The summed E-state index contributed by atoms with van der Waals surface area (Å²) in [6, 6.07) is 13.5. The first-order valence-electron chi connectivity index (χ1n) is 7.88. The predicted molar refractivity (Wildman–Crippen MR) is 97.2 cm³/mol. The Bertz CT molecular complexity index is 756. The zero-order chi connectivity index (χ0) is 18.2. The van der Waals surface area contributed by atoms with E-state index in [1.54, 1.807) is 61.5 Å². The van der Waals surface area contributed by atoms with Gasteiger partial charge in [0.15, 0.2) is 0 Å². The van der Waals surface area contributed by atoms with Gasteiger partial charge in [0, 0.05) is 10.6 Å². The Morgan fingerprint density at radius 1 is 1.20 bits per heavy atom. The van der Waals surface area contributed by atoms with Gasteiger partial charge in [0.2, 0.25) is 5.78 Å². The fraction of sp³-hybridized carbons (Fsp3) is 0.200. The lowest BCUT2D eigenvalue weighted by atomic mass is 10.1. The minimum absolute atomic E-state index is 0.154. The zero-order valence-electron chi connectivity index (χ0n) is 13.9. The Hall–Kier alpha value is -2.59. The highest BCUT2D eigenvalue weighted by molar-refractivity contribution is 6.30. The topological polar surface area (TPSA) is 52.6 Å². The van der Waals surface area contributed by atoms with Crippen molar-refractivity contribution in [1.82, 2.24) is 0 Å². The van der Waals surface area contributed by atoms with E-state index >= 15 is 0 Å². The van der Waals surface area contributed by atoms with E-state index in [4.69, 9.17) is 21.1 Å². The van der Waals surface area contributed by atoms with Gasteiger partial charge in [0.05, 0.1) is 6.61 Å². The van der Waals surface area contributed by atoms with Gasteiger partial charge in [-0.2, -0.15) is 0 Å². The van der Waals surface area contributed by atoms with E-state index in [9.17, 15) is 9.59 Å². The molecular weight excluding hydrogens is 340 g/mol. The monoisotopic (exact) mass is 358 g/mol. The standard InChI is InChI=1S/C20H19ClO4/c1-3-8-15-13-16(21)11-12-17(15)25-19(20(23)24-4-2)18(22)14-9-6-5-7-10-14/h3,5-7,9-13,19H,1,4,8H2,2H3. The lowest BCUT2D eigenvalue weighted by molar-refractivity contribution is -0.149. The second kappa shape index (κ2) is 9.04. The lowest BCUT2D eigenvalue weighted by Crippen LogP contribution is -2.37. The van der Waals surface area contributed by atoms with E-state index < -0.39 is 17.9 Å². The van der Waals surface area contributed by atoms with E-state index in [1.165, 1.54) is 0 Å². The number of hydrogen-bond acceptors (Lipinski definition) is 4. The van der Waals surface area contributed by atoms with Crippen LogP contribution in [0.15, 0.2) is 61.2 Å². The Morgan fingerprint density at radius 3 is 2.56 bits per heavy atom. The number of hydrogen-bond donors (Lipinski definition) is 0. The number of benzene rings is 2. The minimum Gasteiger partial charge on any atom is -0.470 e. The first kappa shape index (κ1) is 18.7. The van der Waals surface area contributed by atoms with Crippen molar-refractivity contribution in [1.29, 1.82) is 0 Å². The number of ketones is 1. The quantitative estimate of drug-likeness (QED) is 0.306. The maximum atomic E-state index is 12.7. The molecular formula is C20H19ClO4. The van der Waals surface area contributed by atoms with E-state index in [1.807, 2.05) is 0 Å². The van der Waals surface area contributed by atoms with Crippen LogP contribution in [0.2, 0.25) is 5.02 Å². The van der Waals surface area contributed by atoms with Crippen LogP contribution in [0.1, 0.15) is 22.8 Å². The SMILES string of the molecule is C=CCc1cc(Cl)ccc1OC(C(=O)OCC)C(=O)c1ccccc1. The third-order valence-electron chi connectivity index (χ3n) is 3.43. The van der Waals surface area contributed by atoms with E-state index in [0.29, 0.717) is 22.8 Å². The lowest BCUT2D eigenvalue weighted by Gasteiger charge is -2.19. The van der Waals surface area contributed by atoms with Crippen LogP contribution >= 0.6 is 11.6 Å². The molecule has 0 N–H and O–H groups in total. The van der Waals surface area contributed by atoms with Crippen LogP contribution in [0.3, 0.4) is 0 Å². The molecule has 25 heavy (non-hydrogen) atoms. The minimum atomic E-state index is -1.38. The van der Waals surface area contributed by atoms with E-state index in [2.05, 4.69) is 6.58 Å². The molecule has 0 bridgehead atoms. The molecule has 4 nitrogen and oxygen atoms in total. The van der Waals surface area contributed by atoms with Crippen molar-refractivity contribution in [2.24, 2.45) is 0 Å². The Kier molecular flexibility index (Phi) is 6.78. The summed E-state index contributed by atoms with van der Waals surface area (Å²) in [4.78, 5) is 25.0. The van der Waals surface area contributed by atoms with E-state index in [-0.39, 0.29) is 6.61 Å². The van der Waals surface area contributed by atoms with E-state index in [0.717, 1.165) is 5.56 Å². The molecule has 0 aliphatic rings. The van der Waals surface area contributed by atoms with Crippen LogP contribution in [-0.4, -0.2) is 24.5 Å². The largest absolute Gasteiger partial charge is 0.470 e. The molecule has 0 saturated heterocycles. The highest BCUT2D eigenvalue weighted by Crippen LogP contribution is 2.25. The van der Waals surface area contributed by atoms with Gasteiger partial charge in [-0.05, 0) is 37.1 Å². The summed E-state index contributed by atoms with van der Waals surface area (Å²) in [6.45, 7) is 5.52. The number of halogens is 1. The molecule has 130 valence electrons. The predicted octanol–water partition coefficient (Wildman–Crippen LogP) is 4.26. The third kappa shape index (κ3) is 4.94. The van der Waals surface area contributed by atoms with Crippen molar-refractivity contribution in [3.05, 3.63) is 77.3 Å². The smallest absolute Gasteiger partial charge is 0.355 e. The van der Waals surface area contributed by atoms with Gasteiger partial charge in [-0.3, -0.25) is 4.79 Å². The second-order valence-electron chi connectivity index (χ2n) is 5.23. The first-order valence-corrected chi connectivity index (χ1v) is 8.26. The van der Waals surface area contributed by atoms with Crippen LogP contribution in [0.5, 0.6) is 5.75 Å². The number of Topliss-reactive ketones (excluding diaryl/α,β-unsaturated/α-hetero) is 1. The summed E-state index contributed by atoms with van der Waals surface area (Å²) < 4.78 is 10.8. The molecule has 0 aromatic heterocycles. The molecule has 5 heteroatoms. The Morgan fingerprint density at radius 2 is 1.92 bits per heavy atom. The maximum Gasteiger partial charge on any atom is 0.355 e. The highest BCUT2D eigenvalue weighted by Gasteiger charge is 2.31. The molecule has 0 aliphatic heterocycles. The van der Waals surface area contributed by atoms with Gasteiger partial charge in [-0.15, -0.1) is 6.58 Å². The van der Waals surface area contributed by atoms with Gasteiger partial charge >= 0.3 is 5.97 Å². The third-order valence-corrected chi connectivity index (χ3v) is 3.66. The number of esters is 1. The maximum absolute atomic E-state index is 12.7. The Balaban J connectivity index is 2.35. The zero-order valence-corrected chi connectivity index (χ0v) is 14.7. The van der Waals surface area contributed by atoms with Gasteiger partial charge in [-0.1, -0.05) is 48.0 Å². The summed E-state index contributed by atoms with van der Waals surface area (Å²) in [5, 5.41) is 0.534. The molecule has 0 amide bonds. The fourth-order valence-electron chi connectivity index (χ4n) is 2.29. The summed E-state index contributed by atoms with van der Waals surface area (Å²) in [5.41, 5.74) is 1.11. The van der Waals surface area contributed by atoms with Crippen molar-refractivity contribution in [2.45, 2.75) is 19.4 Å². The van der Waals surface area contributed by atoms with Crippen LogP contribution < -0.4 is 4.74 Å². The molecule has 1 unspecified atom stereocenters. The number of allylic oxidation sites excluding steroid dienone is 1. The number of ether oxygens (including phenoxy) is 2. The molecule has 0 fully saturated rings. The van der Waals surface area contributed by atoms with Crippen LogP contribution in [0.4, 0.5) is 0 Å². The number of carbonyl (C=O) groups is 2. The van der Waals surface area contributed by atoms with Crippen molar-refractivity contribution >= 4 is 23.4 Å². The highest BCUT2D eigenvalue weighted by atomic mass is 35.5. The normalized spacial score (nSPS) is 11.4. The van der Waals surface area contributed by atoms with Gasteiger partial charge in [0.1, 0.15) is 5.75 Å². The molecule has 0 spiro atoms. The van der Waals surface area contributed by atoms with Crippen LogP contribution in [0.25, 0.3) is 0 Å². The molecule has 2 aromatic rings. The van der Waals surface area contributed by atoms with Gasteiger partial charge < -0.3 is 9.47 Å². The van der Waals surface area contributed by atoms with Crippen molar-refractivity contribution in [3.63, 3.8) is 0 Å². The average molecular weight is 359 g/mol. The van der Waals surface area contributed by atoms with Crippen LogP contribution in [-0.2, 0) is 16.0 Å². The van der Waals surface area contributed by atoms with Gasteiger partial charge in [-0.25, -0.2) is 4.79 Å². The number of rotatable bonds is 8. The summed E-state index contributed by atoms with van der Waals surface area (Å²) in [6.07, 6.45) is 0.800. The molecule has 0 aliphatic carbocycles. The molecule has 0 radical (unpaired) electrons. The summed E-state index contributed by atoms with van der Waals surface area (Å²) >= 11 is 6.01. The number of carbonyl (C=O) groups excluding carboxylic acids is 2. The van der Waals surface area contributed by atoms with Crippen molar-refractivity contribution in [2.75, 3.05) is 6.61 Å². The average Bonchev–Trinajstić information content (AvgIpc) is 2.62. The fourth-order valence-corrected chi connectivity index (χ4v) is 2.48. The molecule has 1 atom stereocenters. The van der Waals surface area contributed by atoms with Crippen molar-refractivity contribution in [3.8, 4) is 5.75 Å². The molecule has 0 saturated carbocycles.